The molecule has 0 bridgehead atoms. The van der Waals surface area contributed by atoms with Crippen molar-refractivity contribution in [3.63, 3.8) is 0 Å². The summed E-state index contributed by atoms with van der Waals surface area (Å²) in [4.78, 5) is 41.0. The van der Waals surface area contributed by atoms with Crippen molar-refractivity contribution in [1.82, 2.24) is 40.0 Å². The van der Waals surface area contributed by atoms with Crippen LogP contribution in [0.15, 0.2) is 57.4 Å². The first kappa shape index (κ1) is 52.1. The summed E-state index contributed by atoms with van der Waals surface area (Å²) < 4.78 is 102. The lowest BCUT2D eigenvalue weighted by molar-refractivity contribution is 0.0504. The van der Waals surface area contributed by atoms with Crippen LogP contribution in [0.5, 0.6) is 35.0 Å². The number of methoxy groups -OCH3 is 1. The summed E-state index contributed by atoms with van der Waals surface area (Å²) >= 11 is 0. The molecular weight excluding hydrogens is 942 g/mol. The molecule has 1 aromatic carbocycles. The normalized spacial score (nSPS) is 14.9. The molecule has 7 rings (SSSR count). The topological polar surface area (TPSA) is 251 Å². The molecule has 24 heteroatoms. The molecule has 2 aliphatic rings. The van der Waals surface area contributed by atoms with Crippen LogP contribution in [0.3, 0.4) is 0 Å². The van der Waals surface area contributed by atoms with Crippen molar-refractivity contribution in [2.75, 3.05) is 56.8 Å². The molecule has 6 heterocycles. The molecule has 2 aliphatic heterocycles. The van der Waals surface area contributed by atoms with Gasteiger partial charge in [0.25, 0.3) is 0 Å². The van der Waals surface area contributed by atoms with Crippen LogP contribution >= 0.6 is 0 Å². The molecule has 0 saturated carbocycles. The number of likely N-dealkylation sites (tertiary alicyclic amines) is 1. The second kappa shape index (κ2) is 22.9. The van der Waals surface area contributed by atoms with Crippen LogP contribution in [0.25, 0.3) is 0 Å². The zero-order chi connectivity index (χ0) is 50.0. The molecule has 0 atom stereocenters. The number of anilines is 1. The Morgan fingerprint density at radius 3 is 1.84 bits per heavy atom. The molecule has 2 fully saturated rings. The summed E-state index contributed by atoms with van der Waals surface area (Å²) in [5.41, 5.74) is 1.52. The van der Waals surface area contributed by atoms with Crippen molar-refractivity contribution in [2.24, 2.45) is 0 Å². The van der Waals surface area contributed by atoms with Gasteiger partial charge in [-0.1, -0.05) is 19.0 Å². The average Bonchev–Trinajstić information content (AvgIpc) is 3.81. The number of nitrogens with zero attached hydrogens (tertiary/aromatic N) is 9. The Morgan fingerprint density at radius 2 is 1.33 bits per heavy atom. The number of pyridine rings is 1. The van der Waals surface area contributed by atoms with E-state index in [-0.39, 0.29) is 70.1 Å². The second-order valence-corrected chi connectivity index (χ2v) is 21.0. The summed E-state index contributed by atoms with van der Waals surface area (Å²) in [6.45, 7) is 15.4. The van der Waals surface area contributed by atoms with Gasteiger partial charge < -0.3 is 42.7 Å². The highest BCUT2D eigenvalue weighted by Gasteiger charge is 2.28. The summed E-state index contributed by atoms with van der Waals surface area (Å²) in [7, 11) is -5.64. The Balaban J connectivity index is 0.000000227. The van der Waals surface area contributed by atoms with Crippen molar-refractivity contribution in [1.29, 1.82) is 0 Å². The van der Waals surface area contributed by atoms with Gasteiger partial charge in [-0.15, -0.1) is 0 Å². The number of sulfone groups is 2. The molecule has 0 radical (unpaired) electrons. The maximum absolute atomic E-state index is 14.4. The predicted molar refractivity (Wildman–Crippen MR) is 247 cm³/mol. The van der Waals surface area contributed by atoms with Crippen molar-refractivity contribution < 1.29 is 59.0 Å². The Kier molecular flexibility index (Phi) is 17.3. The van der Waals surface area contributed by atoms with Crippen molar-refractivity contribution >= 4 is 31.8 Å². The minimum atomic E-state index is -3.55. The zero-order valence-electron chi connectivity index (χ0n) is 40.0. The van der Waals surface area contributed by atoms with Gasteiger partial charge in [0, 0.05) is 71.1 Å². The van der Waals surface area contributed by atoms with E-state index in [0.29, 0.717) is 85.2 Å². The maximum Gasteiger partial charge on any atom is 0.410 e. The Hall–Kier alpha value is -6.27. The fraction of sp³-hybridized carbons (Fsp3) is 0.511. The first-order chi connectivity index (χ1) is 32.7. The van der Waals surface area contributed by atoms with Crippen LogP contribution < -0.4 is 23.8 Å². The van der Waals surface area contributed by atoms with Crippen LogP contribution in [0.2, 0.25) is 0 Å². The Morgan fingerprint density at radius 1 is 0.783 bits per heavy atom. The number of halogens is 1. The van der Waals surface area contributed by atoms with Crippen molar-refractivity contribution in [3.05, 3.63) is 71.4 Å². The molecule has 2 saturated heterocycles. The lowest BCUT2D eigenvalue weighted by Crippen LogP contribution is -2.42. The van der Waals surface area contributed by atoms with Gasteiger partial charge in [-0.25, -0.2) is 50.9 Å². The minimum Gasteiger partial charge on any atom is -0.474 e. The summed E-state index contributed by atoms with van der Waals surface area (Å²) in [6.07, 6.45) is 5.71. The third-order valence-electron chi connectivity index (χ3n) is 10.9. The van der Waals surface area contributed by atoms with E-state index in [1.54, 1.807) is 31.7 Å². The highest BCUT2D eigenvalue weighted by Crippen LogP contribution is 2.33. The Bertz CT molecular complexity index is 2780. The lowest BCUT2D eigenvalue weighted by atomic mass is 10.1. The number of piperidine rings is 2. The largest absolute Gasteiger partial charge is 0.474 e. The number of benzene rings is 1. The molecule has 0 N–H and O–H groups in total. The van der Waals surface area contributed by atoms with Crippen molar-refractivity contribution in [2.45, 2.75) is 108 Å². The van der Waals surface area contributed by atoms with Crippen LogP contribution in [0, 0.1) is 26.6 Å². The van der Waals surface area contributed by atoms with E-state index in [1.165, 1.54) is 38.0 Å². The Labute approximate surface area is 400 Å². The van der Waals surface area contributed by atoms with E-state index >= 15 is 0 Å². The summed E-state index contributed by atoms with van der Waals surface area (Å²) in [5, 5.41) is 3.97. The highest BCUT2D eigenvalue weighted by molar-refractivity contribution is 7.91. The molecule has 21 nitrogen and oxygen atoms in total. The van der Waals surface area contributed by atoms with Gasteiger partial charge >= 0.3 is 12.1 Å². The predicted octanol–water partition coefficient (Wildman–Crippen LogP) is 6.76. The third-order valence-corrected chi connectivity index (χ3v) is 13.5. The number of aromatic nitrogens is 7. The molecule has 374 valence electrons. The number of rotatable bonds is 16. The zero-order valence-corrected chi connectivity index (χ0v) is 41.7. The van der Waals surface area contributed by atoms with E-state index in [1.807, 2.05) is 32.6 Å². The lowest BCUT2D eigenvalue weighted by Gasteiger charge is -2.31. The van der Waals surface area contributed by atoms with Gasteiger partial charge in [-0.05, 0) is 65.0 Å². The maximum atomic E-state index is 14.4. The molecule has 0 aliphatic carbocycles. The van der Waals surface area contributed by atoms with E-state index in [2.05, 4.69) is 35.1 Å². The average molecular weight is 1000 g/mol. The number of carbonyl (C=O) groups is 1. The van der Waals surface area contributed by atoms with Gasteiger partial charge in [0.1, 0.15) is 24.9 Å². The number of carbonyl (C=O) groups excluding carboxylic acids is 1. The van der Waals surface area contributed by atoms with Crippen LogP contribution in [0.4, 0.5) is 15.2 Å². The highest BCUT2D eigenvalue weighted by atomic mass is 32.2. The summed E-state index contributed by atoms with van der Waals surface area (Å²) in [5.74, 6) is 1.29. The van der Waals surface area contributed by atoms with Gasteiger partial charge in [0.15, 0.2) is 47.8 Å². The molecule has 4 aromatic heterocycles. The van der Waals surface area contributed by atoms with Crippen LogP contribution in [0.1, 0.15) is 81.9 Å². The minimum absolute atomic E-state index is 0.0357. The van der Waals surface area contributed by atoms with E-state index in [0.717, 1.165) is 25.2 Å². The number of hydrogen-bond acceptors (Lipinski definition) is 20. The van der Waals surface area contributed by atoms with Crippen LogP contribution in [-0.4, -0.2) is 133 Å². The molecule has 5 aromatic rings. The van der Waals surface area contributed by atoms with E-state index in [4.69, 9.17) is 32.9 Å². The van der Waals surface area contributed by atoms with Gasteiger partial charge in [0.05, 0.1) is 40.2 Å². The first-order valence-corrected chi connectivity index (χ1v) is 25.8. The first-order valence-electron chi connectivity index (χ1n) is 22.3. The van der Waals surface area contributed by atoms with Crippen molar-refractivity contribution in [3.8, 4) is 35.0 Å². The van der Waals surface area contributed by atoms with E-state index < -0.39 is 25.5 Å². The number of hydrogen-bond donors (Lipinski definition) is 0. The summed E-state index contributed by atoms with van der Waals surface area (Å²) in [6, 6.07) is 6.92. The molecule has 0 spiro atoms. The smallest absolute Gasteiger partial charge is 0.410 e. The molecule has 69 heavy (non-hydrogen) atoms. The number of aryl methyl sites for hydroxylation is 1. The molecule has 0 unspecified atom stereocenters. The van der Waals surface area contributed by atoms with Crippen LogP contribution in [-0.2, 0) is 29.1 Å². The fourth-order valence-electron chi connectivity index (χ4n) is 6.89. The fourth-order valence-corrected chi connectivity index (χ4v) is 8.67. The monoisotopic (exact) mass is 999 g/mol. The van der Waals surface area contributed by atoms with E-state index in [9.17, 15) is 26.0 Å². The standard InChI is InChI=1S/C23H32N4O7S.C22H26FN5O5S/c1-15(2)32-23(28)27-10-8-18(9-11-27)33-21-16(3)22(25-14-24-21)34-19-6-7-20(26-17(19)4)35(29,30)13-12-31-5;1-13(2)19-26-22(33-27-19)28-9-7-15(8-10-28)31-20-14(3)21(25-12-24-20)32-18-6-5-16(11-17(18)23)34(4,29)30/h6-7,14-15,18H,8-13H2,1-5H3;5-6,11-13,15H,7-10H2,1-4H3. The molecule has 1 amide bonds. The number of ether oxygens (including phenoxy) is 6. The molecular formula is C45H58FN9O12S2. The second-order valence-electron chi connectivity index (χ2n) is 17.0. The van der Waals surface area contributed by atoms with Gasteiger partial charge in [-0.2, -0.15) is 4.98 Å². The SMILES string of the molecule is COCCS(=O)(=O)c1ccc(Oc2ncnc(OC3CCN(C(=O)OC(C)C)CC3)c2C)c(C)n1.Cc1c(Oc2ccc(S(C)(=O)=O)cc2F)ncnc1OC1CCN(c2nc(C(C)C)no2)CC1. The quantitative estimate of drug-likeness (QED) is 0.0989. The van der Waals surface area contributed by atoms with Gasteiger partial charge in [0.2, 0.25) is 23.5 Å². The number of amides is 1. The van der Waals surface area contributed by atoms with Gasteiger partial charge in [-0.3, -0.25) is 0 Å². The third kappa shape index (κ3) is 13.9.